The third-order valence-electron chi connectivity index (χ3n) is 6.28. The average molecular weight is 525 g/mol. The first kappa shape index (κ1) is 26.7. The van der Waals surface area contributed by atoms with Gasteiger partial charge in [-0.05, 0) is 56.4 Å². The summed E-state index contributed by atoms with van der Waals surface area (Å²) in [6.45, 7) is 3.35. The van der Waals surface area contributed by atoms with E-state index in [1.54, 1.807) is 18.2 Å². The number of benzene rings is 2. The number of aromatic nitrogens is 2. The molecule has 1 aromatic heterocycles. The van der Waals surface area contributed by atoms with E-state index in [4.69, 9.17) is 21.3 Å². The van der Waals surface area contributed by atoms with Gasteiger partial charge >= 0.3 is 0 Å². The van der Waals surface area contributed by atoms with Crippen LogP contribution in [0.3, 0.4) is 0 Å². The molecule has 1 heterocycles. The third kappa shape index (κ3) is 7.11. The minimum atomic E-state index is -0.246. The van der Waals surface area contributed by atoms with Crippen LogP contribution in [0.4, 0.5) is 0 Å². The number of carbonyl (C=O) groups is 2. The van der Waals surface area contributed by atoms with Crippen LogP contribution >= 0.6 is 11.6 Å². The summed E-state index contributed by atoms with van der Waals surface area (Å²) in [5.41, 5.74) is 3.24. The number of hydrogen-bond donors (Lipinski definition) is 3. The molecule has 37 heavy (non-hydrogen) atoms. The minimum absolute atomic E-state index is 0.0405. The SMILES string of the molecule is CC(=O)N[C@H](C)c1nc(-c2ccc(C[C@@H](CCO)NC(=O)c3ccc(OC4CC4)c(Cl)c3)cc2)cn1C. The van der Waals surface area contributed by atoms with Crippen LogP contribution in [0, 0.1) is 0 Å². The molecule has 3 N–H and O–H groups in total. The minimum Gasteiger partial charge on any atom is -0.489 e. The van der Waals surface area contributed by atoms with Crippen molar-refractivity contribution in [3.8, 4) is 17.0 Å². The Balaban J connectivity index is 1.40. The van der Waals surface area contributed by atoms with E-state index in [9.17, 15) is 14.7 Å². The van der Waals surface area contributed by atoms with Crippen LogP contribution in [-0.2, 0) is 18.3 Å². The number of hydrogen-bond acceptors (Lipinski definition) is 5. The fourth-order valence-electron chi connectivity index (χ4n) is 4.24. The van der Waals surface area contributed by atoms with Crippen LogP contribution < -0.4 is 15.4 Å². The third-order valence-corrected chi connectivity index (χ3v) is 6.57. The van der Waals surface area contributed by atoms with Gasteiger partial charge < -0.3 is 25.0 Å². The molecule has 1 aliphatic rings. The molecule has 4 rings (SSSR count). The summed E-state index contributed by atoms with van der Waals surface area (Å²) in [5.74, 6) is 1.02. The highest BCUT2D eigenvalue weighted by Gasteiger charge is 2.25. The Morgan fingerprint density at radius 2 is 1.92 bits per heavy atom. The number of amides is 2. The zero-order valence-corrected chi connectivity index (χ0v) is 22.1. The van der Waals surface area contributed by atoms with Crippen molar-refractivity contribution in [3.63, 3.8) is 0 Å². The van der Waals surface area contributed by atoms with E-state index in [0.29, 0.717) is 29.2 Å². The van der Waals surface area contributed by atoms with Crippen LogP contribution in [0.15, 0.2) is 48.7 Å². The highest BCUT2D eigenvalue weighted by molar-refractivity contribution is 6.32. The lowest BCUT2D eigenvalue weighted by atomic mass is 10.0. The molecule has 1 fully saturated rings. The number of nitrogens with one attached hydrogen (secondary N) is 2. The first-order valence-corrected chi connectivity index (χ1v) is 12.9. The molecule has 3 aromatic rings. The smallest absolute Gasteiger partial charge is 0.251 e. The van der Waals surface area contributed by atoms with Gasteiger partial charge in [-0.25, -0.2) is 4.98 Å². The van der Waals surface area contributed by atoms with E-state index < -0.39 is 0 Å². The van der Waals surface area contributed by atoms with Gasteiger partial charge in [-0.2, -0.15) is 0 Å². The van der Waals surface area contributed by atoms with Gasteiger partial charge in [0, 0.05) is 43.9 Å². The number of ether oxygens (including phenoxy) is 1. The van der Waals surface area contributed by atoms with E-state index in [1.807, 2.05) is 49.0 Å². The molecular formula is C28H33ClN4O4. The van der Waals surface area contributed by atoms with Crippen molar-refractivity contribution in [1.82, 2.24) is 20.2 Å². The lowest BCUT2D eigenvalue weighted by molar-refractivity contribution is -0.119. The number of imidazole rings is 1. The quantitative estimate of drug-likeness (QED) is 0.348. The number of nitrogens with zero attached hydrogens (tertiary/aromatic N) is 2. The van der Waals surface area contributed by atoms with Gasteiger partial charge in [0.25, 0.3) is 5.91 Å². The number of rotatable bonds is 11. The van der Waals surface area contributed by atoms with Crippen LogP contribution in [0.25, 0.3) is 11.3 Å². The molecule has 0 spiro atoms. The van der Waals surface area contributed by atoms with Crippen molar-refractivity contribution in [1.29, 1.82) is 0 Å². The van der Waals surface area contributed by atoms with Crippen LogP contribution in [0.1, 0.15) is 60.9 Å². The Hall–Kier alpha value is -3.36. The Bertz CT molecular complexity index is 1250. The highest BCUT2D eigenvalue weighted by Crippen LogP contribution is 2.32. The normalized spacial score (nSPS) is 14.6. The Morgan fingerprint density at radius 3 is 2.54 bits per heavy atom. The average Bonchev–Trinajstić information content (AvgIpc) is 3.58. The summed E-state index contributed by atoms with van der Waals surface area (Å²) >= 11 is 6.32. The lowest BCUT2D eigenvalue weighted by Gasteiger charge is -2.18. The Kier molecular flexibility index (Phi) is 8.51. The first-order chi connectivity index (χ1) is 17.7. The molecule has 8 nitrogen and oxygen atoms in total. The van der Waals surface area contributed by atoms with Crippen LogP contribution in [0.2, 0.25) is 5.02 Å². The summed E-state index contributed by atoms with van der Waals surface area (Å²) in [7, 11) is 1.90. The van der Waals surface area contributed by atoms with Crippen molar-refractivity contribution in [2.75, 3.05) is 6.61 Å². The topological polar surface area (TPSA) is 105 Å². The second kappa shape index (κ2) is 11.8. The number of halogens is 1. The predicted octanol–water partition coefficient (Wildman–Crippen LogP) is 4.20. The van der Waals surface area contributed by atoms with Gasteiger partial charge in [-0.1, -0.05) is 35.9 Å². The van der Waals surface area contributed by atoms with Crippen molar-refractivity contribution in [2.45, 2.75) is 57.7 Å². The van der Waals surface area contributed by atoms with Gasteiger partial charge in [0.05, 0.1) is 22.9 Å². The van der Waals surface area contributed by atoms with Crippen molar-refractivity contribution >= 4 is 23.4 Å². The van der Waals surface area contributed by atoms with Gasteiger partial charge in [0.1, 0.15) is 11.6 Å². The summed E-state index contributed by atoms with van der Waals surface area (Å²) in [4.78, 5) is 29.0. The van der Waals surface area contributed by atoms with E-state index in [0.717, 1.165) is 35.5 Å². The summed E-state index contributed by atoms with van der Waals surface area (Å²) in [6.07, 6.45) is 5.21. The predicted molar refractivity (Wildman–Crippen MR) is 143 cm³/mol. The first-order valence-electron chi connectivity index (χ1n) is 12.5. The standard InChI is InChI=1S/C28H33ClN4O4/c1-17(30-18(2)35)27-32-25(16-33(27)3)20-6-4-19(5-7-20)14-22(12-13-34)31-28(36)21-8-11-26(24(29)15-21)37-23-9-10-23/h4-8,11,15-17,22-23,34H,9-10,12-14H2,1-3H3,(H,30,35)(H,31,36)/t17-,22-/m1/s1. The van der Waals surface area contributed by atoms with E-state index in [2.05, 4.69) is 10.6 Å². The maximum absolute atomic E-state index is 12.9. The number of aliphatic hydroxyl groups is 1. The van der Waals surface area contributed by atoms with Crippen LogP contribution in [0.5, 0.6) is 5.75 Å². The van der Waals surface area contributed by atoms with Gasteiger partial charge in [-0.3, -0.25) is 9.59 Å². The second-order valence-corrected chi connectivity index (χ2v) is 9.97. The monoisotopic (exact) mass is 524 g/mol. The van der Waals surface area contributed by atoms with E-state index >= 15 is 0 Å². The van der Waals surface area contributed by atoms with Gasteiger partial charge in [0.15, 0.2) is 0 Å². The molecule has 0 bridgehead atoms. The molecule has 196 valence electrons. The van der Waals surface area contributed by atoms with Crippen molar-refractivity contribution in [3.05, 3.63) is 70.6 Å². The number of aryl methyl sites for hydroxylation is 1. The summed E-state index contributed by atoms with van der Waals surface area (Å²) in [6, 6.07) is 12.6. The zero-order valence-electron chi connectivity index (χ0n) is 21.3. The molecule has 2 amide bonds. The summed E-state index contributed by atoms with van der Waals surface area (Å²) < 4.78 is 7.66. The Morgan fingerprint density at radius 1 is 1.19 bits per heavy atom. The molecule has 0 radical (unpaired) electrons. The van der Waals surface area contributed by atoms with Crippen LogP contribution in [-0.4, -0.2) is 45.2 Å². The molecule has 2 aromatic carbocycles. The number of carbonyl (C=O) groups excluding carboxylic acids is 2. The van der Waals surface area contributed by atoms with Gasteiger partial charge in [0.2, 0.25) is 5.91 Å². The second-order valence-electron chi connectivity index (χ2n) is 9.56. The molecule has 0 unspecified atom stereocenters. The van der Waals surface area contributed by atoms with E-state index in [1.165, 1.54) is 6.92 Å². The summed E-state index contributed by atoms with van der Waals surface area (Å²) in [5, 5.41) is 15.9. The molecule has 9 heteroatoms. The Labute approximate surface area is 222 Å². The molecule has 1 saturated carbocycles. The lowest BCUT2D eigenvalue weighted by Crippen LogP contribution is -2.37. The highest BCUT2D eigenvalue weighted by atomic mass is 35.5. The zero-order chi connectivity index (χ0) is 26.5. The molecule has 2 atom stereocenters. The number of aliphatic hydroxyl groups excluding tert-OH is 1. The van der Waals surface area contributed by atoms with Gasteiger partial charge in [-0.15, -0.1) is 0 Å². The van der Waals surface area contributed by atoms with Crippen molar-refractivity contribution < 1.29 is 19.4 Å². The van der Waals surface area contributed by atoms with Crippen molar-refractivity contribution in [2.24, 2.45) is 7.05 Å². The molecular weight excluding hydrogens is 492 g/mol. The molecule has 0 aliphatic heterocycles. The van der Waals surface area contributed by atoms with E-state index in [-0.39, 0.29) is 36.6 Å². The maximum atomic E-state index is 12.9. The molecule has 0 saturated heterocycles. The largest absolute Gasteiger partial charge is 0.489 e. The fourth-order valence-corrected chi connectivity index (χ4v) is 4.47. The molecule has 1 aliphatic carbocycles. The fraction of sp³-hybridized carbons (Fsp3) is 0.393. The maximum Gasteiger partial charge on any atom is 0.251 e.